The number of aromatic nitrogens is 2. The van der Waals surface area contributed by atoms with Crippen molar-refractivity contribution in [3.8, 4) is 0 Å². The Labute approximate surface area is 170 Å². The highest BCUT2D eigenvalue weighted by molar-refractivity contribution is 6.06. The molecule has 0 saturated carbocycles. The molecule has 2 aromatic heterocycles. The summed E-state index contributed by atoms with van der Waals surface area (Å²) in [4.78, 5) is 35.2. The minimum atomic E-state index is -0.288. The average Bonchev–Trinajstić information content (AvgIpc) is 2.75. The lowest BCUT2D eigenvalue weighted by molar-refractivity contribution is 0.0796. The summed E-state index contributed by atoms with van der Waals surface area (Å²) in [6, 6.07) is 11.3. The van der Waals surface area contributed by atoms with E-state index in [0.717, 1.165) is 28.8 Å². The number of benzene rings is 1. The number of carbonyl (C=O) groups excluding carboxylic acids is 2. The Bertz CT molecular complexity index is 998. The van der Waals surface area contributed by atoms with Crippen LogP contribution in [0, 0.1) is 13.8 Å². The number of amides is 2. The van der Waals surface area contributed by atoms with Gasteiger partial charge in [0.2, 0.25) is 0 Å². The second kappa shape index (κ2) is 9.10. The van der Waals surface area contributed by atoms with E-state index in [1.54, 1.807) is 30.4 Å². The molecule has 0 aliphatic carbocycles. The Morgan fingerprint density at radius 3 is 2.31 bits per heavy atom. The van der Waals surface area contributed by atoms with Crippen LogP contribution in [0.1, 0.15) is 37.4 Å². The van der Waals surface area contributed by atoms with Gasteiger partial charge in [0, 0.05) is 44.1 Å². The van der Waals surface area contributed by atoms with Crippen LogP contribution in [0.4, 0.5) is 5.69 Å². The van der Waals surface area contributed by atoms with Gasteiger partial charge in [-0.25, -0.2) is 0 Å². The monoisotopic (exact) mass is 388 g/mol. The maximum absolute atomic E-state index is 12.7. The fourth-order valence-corrected chi connectivity index (χ4v) is 3.05. The number of hydrogen-bond donors (Lipinski definition) is 1. The topological polar surface area (TPSA) is 75.2 Å². The predicted octanol–water partition coefficient (Wildman–Crippen LogP) is 3.66. The number of anilines is 1. The van der Waals surface area contributed by atoms with Gasteiger partial charge in [0.05, 0.1) is 11.1 Å². The van der Waals surface area contributed by atoms with Crippen LogP contribution in [0.25, 0.3) is 0 Å². The first-order valence-corrected chi connectivity index (χ1v) is 9.42. The van der Waals surface area contributed by atoms with E-state index in [1.807, 2.05) is 44.2 Å². The van der Waals surface area contributed by atoms with Crippen molar-refractivity contribution in [2.24, 2.45) is 0 Å². The van der Waals surface area contributed by atoms with Gasteiger partial charge in [-0.1, -0.05) is 18.2 Å². The third-order valence-electron chi connectivity index (χ3n) is 4.80. The molecule has 0 aliphatic rings. The summed E-state index contributed by atoms with van der Waals surface area (Å²) in [6.45, 7) is 4.44. The zero-order chi connectivity index (χ0) is 20.8. The lowest BCUT2D eigenvalue weighted by atomic mass is 10.1. The van der Waals surface area contributed by atoms with E-state index in [1.165, 1.54) is 12.4 Å². The van der Waals surface area contributed by atoms with Gasteiger partial charge in [-0.3, -0.25) is 19.6 Å². The molecular formula is C23H24N4O2. The van der Waals surface area contributed by atoms with E-state index in [-0.39, 0.29) is 11.8 Å². The van der Waals surface area contributed by atoms with Crippen LogP contribution < -0.4 is 5.32 Å². The third kappa shape index (κ3) is 5.04. The van der Waals surface area contributed by atoms with Crippen LogP contribution >= 0.6 is 0 Å². The number of nitrogens with one attached hydrogen (secondary N) is 1. The van der Waals surface area contributed by atoms with Crippen LogP contribution in [0.15, 0.2) is 61.2 Å². The number of aryl methyl sites for hydroxylation is 2. The van der Waals surface area contributed by atoms with Gasteiger partial charge in [-0.05, 0) is 55.2 Å². The smallest absolute Gasteiger partial charge is 0.257 e. The maximum atomic E-state index is 12.7. The number of para-hydroxylation sites is 1. The molecule has 0 saturated heterocycles. The predicted molar refractivity (Wildman–Crippen MR) is 113 cm³/mol. The van der Waals surface area contributed by atoms with Crippen molar-refractivity contribution < 1.29 is 9.59 Å². The standard InChI is InChI=1S/C23H24N4O2/c1-16-5-4-6-17(2)21(16)26-22(28)19-13-20(15-25-14-19)23(29)27(3)12-9-18-7-10-24-11-8-18/h4-8,10-11,13-15H,9,12H2,1-3H3,(H,26,28). The van der Waals surface area contributed by atoms with Gasteiger partial charge in [-0.15, -0.1) is 0 Å². The van der Waals surface area contributed by atoms with Crippen molar-refractivity contribution in [3.05, 3.63) is 89.0 Å². The Balaban J connectivity index is 1.69. The number of pyridine rings is 2. The van der Waals surface area contributed by atoms with Crippen molar-refractivity contribution in [3.63, 3.8) is 0 Å². The molecule has 2 amide bonds. The number of rotatable bonds is 6. The van der Waals surface area contributed by atoms with Gasteiger partial charge in [0.25, 0.3) is 11.8 Å². The highest BCUT2D eigenvalue weighted by Gasteiger charge is 2.16. The van der Waals surface area contributed by atoms with Gasteiger partial charge in [0.1, 0.15) is 0 Å². The lowest BCUT2D eigenvalue weighted by Gasteiger charge is -2.17. The highest BCUT2D eigenvalue weighted by Crippen LogP contribution is 2.20. The molecule has 0 aliphatic heterocycles. The van der Waals surface area contributed by atoms with Crippen LogP contribution in [0.2, 0.25) is 0 Å². The summed E-state index contributed by atoms with van der Waals surface area (Å²) in [5, 5.41) is 2.93. The quantitative estimate of drug-likeness (QED) is 0.699. The molecular weight excluding hydrogens is 364 g/mol. The van der Waals surface area contributed by atoms with E-state index >= 15 is 0 Å². The van der Waals surface area contributed by atoms with Gasteiger partial charge in [0.15, 0.2) is 0 Å². The van der Waals surface area contributed by atoms with Gasteiger partial charge in [-0.2, -0.15) is 0 Å². The maximum Gasteiger partial charge on any atom is 0.257 e. The average molecular weight is 388 g/mol. The third-order valence-corrected chi connectivity index (χ3v) is 4.80. The molecule has 0 unspecified atom stereocenters. The fourth-order valence-electron chi connectivity index (χ4n) is 3.05. The summed E-state index contributed by atoms with van der Waals surface area (Å²) in [5.41, 5.74) is 4.59. The molecule has 29 heavy (non-hydrogen) atoms. The molecule has 6 heteroatoms. The molecule has 3 aromatic rings. The zero-order valence-electron chi connectivity index (χ0n) is 16.8. The summed E-state index contributed by atoms with van der Waals surface area (Å²) in [6.07, 6.45) is 7.15. The van der Waals surface area contributed by atoms with E-state index in [2.05, 4.69) is 15.3 Å². The summed E-state index contributed by atoms with van der Waals surface area (Å²) in [5.74, 6) is -0.461. The highest BCUT2D eigenvalue weighted by atomic mass is 16.2. The summed E-state index contributed by atoms with van der Waals surface area (Å²) < 4.78 is 0. The molecule has 0 atom stereocenters. The minimum Gasteiger partial charge on any atom is -0.341 e. The van der Waals surface area contributed by atoms with Crippen LogP contribution in [-0.2, 0) is 6.42 Å². The number of carbonyl (C=O) groups is 2. The Hall–Kier alpha value is -3.54. The first-order chi connectivity index (χ1) is 14.0. The zero-order valence-corrected chi connectivity index (χ0v) is 16.8. The number of hydrogen-bond acceptors (Lipinski definition) is 4. The molecule has 0 fully saturated rings. The molecule has 6 nitrogen and oxygen atoms in total. The first-order valence-electron chi connectivity index (χ1n) is 9.42. The second-order valence-corrected chi connectivity index (χ2v) is 7.02. The first kappa shape index (κ1) is 20.2. The van der Waals surface area contributed by atoms with Crippen LogP contribution in [0.5, 0.6) is 0 Å². The van der Waals surface area contributed by atoms with Crippen molar-refractivity contribution in [1.29, 1.82) is 0 Å². The summed E-state index contributed by atoms with van der Waals surface area (Å²) in [7, 11) is 1.74. The van der Waals surface area contributed by atoms with Crippen LogP contribution in [0.3, 0.4) is 0 Å². The van der Waals surface area contributed by atoms with Gasteiger partial charge >= 0.3 is 0 Å². The van der Waals surface area contributed by atoms with Crippen molar-refractivity contribution in [2.45, 2.75) is 20.3 Å². The van der Waals surface area contributed by atoms with E-state index < -0.39 is 0 Å². The molecule has 1 N–H and O–H groups in total. The van der Waals surface area contributed by atoms with E-state index in [0.29, 0.717) is 17.7 Å². The molecule has 0 bridgehead atoms. The Morgan fingerprint density at radius 2 is 1.62 bits per heavy atom. The fraction of sp³-hybridized carbons (Fsp3) is 0.217. The molecule has 3 rings (SSSR count). The molecule has 1 aromatic carbocycles. The molecule has 148 valence electrons. The molecule has 0 spiro atoms. The normalized spacial score (nSPS) is 10.4. The van der Waals surface area contributed by atoms with Crippen LogP contribution in [-0.4, -0.2) is 40.3 Å². The number of likely N-dealkylation sites (N-methyl/N-ethyl adjacent to an activating group) is 1. The van der Waals surface area contributed by atoms with E-state index in [4.69, 9.17) is 0 Å². The number of nitrogens with zero attached hydrogens (tertiary/aromatic N) is 3. The lowest BCUT2D eigenvalue weighted by Crippen LogP contribution is -2.29. The largest absolute Gasteiger partial charge is 0.341 e. The Morgan fingerprint density at radius 1 is 0.966 bits per heavy atom. The second-order valence-electron chi connectivity index (χ2n) is 7.02. The van der Waals surface area contributed by atoms with Crippen molar-refractivity contribution in [1.82, 2.24) is 14.9 Å². The van der Waals surface area contributed by atoms with Crippen molar-refractivity contribution >= 4 is 17.5 Å². The SMILES string of the molecule is Cc1cccc(C)c1NC(=O)c1cncc(C(=O)N(C)CCc2ccncc2)c1. The van der Waals surface area contributed by atoms with Crippen molar-refractivity contribution in [2.75, 3.05) is 18.9 Å². The van der Waals surface area contributed by atoms with E-state index in [9.17, 15) is 9.59 Å². The molecule has 0 radical (unpaired) electrons. The minimum absolute atomic E-state index is 0.173. The Kier molecular flexibility index (Phi) is 6.34. The summed E-state index contributed by atoms with van der Waals surface area (Å²) >= 11 is 0. The van der Waals surface area contributed by atoms with Gasteiger partial charge < -0.3 is 10.2 Å². The molecule has 2 heterocycles.